The highest BCUT2D eigenvalue weighted by atomic mass is 16.6. The Bertz CT molecular complexity index is 1070. The van der Waals surface area contributed by atoms with Crippen LogP contribution in [0.25, 0.3) is 0 Å². The molecular formula is C28H38O11. The molecule has 0 aromatic heterocycles. The number of esters is 5. The Kier molecular flexibility index (Phi) is 10.6. The largest absolute Gasteiger partial charge is 0.466 e. The molecule has 39 heavy (non-hydrogen) atoms. The van der Waals surface area contributed by atoms with Crippen molar-refractivity contribution in [2.24, 2.45) is 11.8 Å². The number of aliphatic hydroxyl groups is 1. The third kappa shape index (κ3) is 7.35. The van der Waals surface area contributed by atoms with Crippen LogP contribution in [0.5, 0.6) is 0 Å². The van der Waals surface area contributed by atoms with Crippen molar-refractivity contribution in [1.82, 2.24) is 0 Å². The van der Waals surface area contributed by atoms with E-state index in [0.717, 1.165) is 26.5 Å². The van der Waals surface area contributed by atoms with Crippen molar-refractivity contribution in [1.29, 1.82) is 0 Å². The van der Waals surface area contributed by atoms with Crippen molar-refractivity contribution in [2.75, 3.05) is 7.11 Å². The molecule has 7 atom stereocenters. The Labute approximate surface area is 228 Å². The van der Waals surface area contributed by atoms with E-state index in [1.165, 1.54) is 13.0 Å². The number of hydrogen-bond acceptors (Lipinski definition) is 11. The van der Waals surface area contributed by atoms with Gasteiger partial charge in [0.2, 0.25) is 0 Å². The molecule has 11 nitrogen and oxygen atoms in total. The standard InChI is InChI=1S/C28H38O11/c1-9-15(3)24(30)38-22-19(26(32)35-8)12-10-11-14(2)13-20-21(16(4)25(31)37-20)23(22)39-27(33)28(7,34)17(5)36-18(6)29/h12-13,15,17,20-23,34H,4,9-11H2,1-3,5-8H3/b14-13-,19-12+/t15-,17+,20+,21-,22-,23-,28-/m0/s1. The number of methoxy groups -OCH3 is 1. The predicted octanol–water partition coefficient (Wildman–Crippen LogP) is 2.50. The van der Waals surface area contributed by atoms with Gasteiger partial charge < -0.3 is 28.8 Å². The van der Waals surface area contributed by atoms with Gasteiger partial charge in [0.05, 0.1) is 24.5 Å². The van der Waals surface area contributed by atoms with Gasteiger partial charge in [-0.05, 0) is 46.1 Å². The zero-order valence-corrected chi connectivity index (χ0v) is 23.5. The molecule has 0 aromatic carbocycles. The van der Waals surface area contributed by atoms with E-state index in [2.05, 4.69) is 6.58 Å². The van der Waals surface area contributed by atoms with Crippen LogP contribution in [-0.2, 0) is 47.7 Å². The fraction of sp³-hybridized carbons (Fsp3) is 0.607. The molecule has 1 fully saturated rings. The summed E-state index contributed by atoms with van der Waals surface area (Å²) < 4.78 is 27.0. The Morgan fingerprint density at radius 2 is 1.87 bits per heavy atom. The minimum atomic E-state index is -2.35. The second-order valence-corrected chi connectivity index (χ2v) is 10.1. The van der Waals surface area contributed by atoms with Gasteiger partial charge in [-0.25, -0.2) is 14.4 Å². The quantitative estimate of drug-likeness (QED) is 0.205. The highest BCUT2D eigenvalue weighted by molar-refractivity contribution is 5.93. The smallest absolute Gasteiger partial charge is 0.342 e. The van der Waals surface area contributed by atoms with Crippen LogP contribution in [0.1, 0.15) is 60.8 Å². The van der Waals surface area contributed by atoms with E-state index < -0.39 is 71.7 Å². The van der Waals surface area contributed by atoms with Crippen LogP contribution in [-0.4, -0.2) is 72.1 Å². The molecule has 2 rings (SSSR count). The molecule has 216 valence electrons. The van der Waals surface area contributed by atoms with Crippen LogP contribution >= 0.6 is 0 Å². The van der Waals surface area contributed by atoms with E-state index in [0.29, 0.717) is 19.3 Å². The van der Waals surface area contributed by atoms with E-state index in [1.807, 2.05) is 6.92 Å². The summed E-state index contributed by atoms with van der Waals surface area (Å²) in [6, 6.07) is 0. The number of hydrogen-bond donors (Lipinski definition) is 1. The third-order valence-electron chi connectivity index (χ3n) is 7.04. The van der Waals surface area contributed by atoms with Crippen molar-refractivity contribution in [2.45, 2.75) is 90.8 Å². The monoisotopic (exact) mass is 550 g/mol. The van der Waals surface area contributed by atoms with Gasteiger partial charge in [-0.15, -0.1) is 0 Å². The van der Waals surface area contributed by atoms with Gasteiger partial charge in [0.25, 0.3) is 0 Å². The van der Waals surface area contributed by atoms with E-state index >= 15 is 0 Å². The van der Waals surface area contributed by atoms with Crippen molar-refractivity contribution < 1.29 is 52.8 Å². The van der Waals surface area contributed by atoms with Gasteiger partial charge in [0.15, 0.2) is 17.8 Å². The normalized spacial score (nSPS) is 29.0. The summed E-state index contributed by atoms with van der Waals surface area (Å²) in [5.74, 6) is -5.96. The molecule has 0 radical (unpaired) electrons. The summed E-state index contributed by atoms with van der Waals surface area (Å²) in [5.41, 5.74) is -1.72. The summed E-state index contributed by atoms with van der Waals surface area (Å²) in [6.45, 7) is 12.5. The lowest BCUT2D eigenvalue weighted by molar-refractivity contribution is -0.197. The lowest BCUT2D eigenvalue weighted by Crippen LogP contribution is -2.53. The van der Waals surface area contributed by atoms with Crippen LogP contribution in [0.15, 0.2) is 35.5 Å². The second kappa shape index (κ2) is 13.1. The molecule has 0 amide bonds. The fourth-order valence-corrected chi connectivity index (χ4v) is 4.19. The molecule has 0 aromatic rings. The molecule has 11 heteroatoms. The second-order valence-electron chi connectivity index (χ2n) is 10.1. The maximum Gasteiger partial charge on any atom is 0.342 e. The first-order valence-corrected chi connectivity index (χ1v) is 12.8. The topological polar surface area (TPSA) is 152 Å². The molecule has 2 aliphatic rings. The molecule has 1 heterocycles. The molecule has 1 saturated heterocycles. The molecule has 0 saturated carbocycles. The molecule has 0 bridgehead atoms. The first kappa shape index (κ1) is 31.7. The van der Waals surface area contributed by atoms with Gasteiger partial charge in [0.1, 0.15) is 12.2 Å². The zero-order valence-electron chi connectivity index (χ0n) is 23.5. The number of fused-ring (bicyclic) bond motifs is 1. The maximum atomic E-state index is 13.4. The van der Waals surface area contributed by atoms with Crippen molar-refractivity contribution in [3.8, 4) is 0 Å². The van der Waals surface area contributed by atoms with Gasteiger partial charge in [0, 0.05) is 12.5 Å². The van der Waals surface area contributed by atoms with Crippen molar-refractivity contribution >= 4 is 29.8 Å². The molecule has 1 N–H and O–H groups in total. The number of rotatable bonds is 8. The molecule has 1 aliphatic carbocycles. The maximum absolute atomic E-state index is 13.4. The van der Waals surface area contributed by atoms with E-state index in [4.69, 9.17) is 23.7 Å². The minimum absolute atomic E-state index is 0.0797. The highest BCUT2D eigenvalue weighted by Gasteiger charge is 2.53. The predicted molar refractivity (Wildman–Crippen MR) is 137 cm³/mol. The summed E-state index contributed by atoms with van der Waals surface area (Å²) >= 11 is 0. The van der Waals surface area contributed by atoms with Crippen LogP contribution in [0, 0.1) is 11.8 Å². The van der Waals surface area contributed by atoms with Gasteiger partial charge in [-0.1, -0.05) is 32.1 Å². The summed E-state index contributed by atoms with van der Waals surface area (Å²) in [7, 11) is 1.15. The number of allylic oxidation sites excluding steroid dienone is 2. The van der Waals surface area contributed by atoms with Gasteiger partial charge in [-0.2, -0.15) is 0 Å². The van der Waals surface area contributed by atoms with E-state index in [1.54, 1.807) is 19.9 Å². The summed E-state index contributed by atoms with van der Waals surface area (Å²) in [5, 5.41) is 11.0. The number of ether oxygens (including phenoxy) is 5. The summed E-state index contributed by atoms with van der Waals surface area (Å²) in [4.78, 5) is 63.5. The first-order valence-electron chi connectivity index (χ1n) is 12.8. The van der Waals surface area contributed by atoms with Crippen LogP contribution in [0.3, 0.4) is 0 Å². The molecular weight excluding hydrogens is 512 g/mol. The SMILES string of the molecule is C=C1C(=O)O[C@@H]2/C=C(/C)CC/C=C(/C(=O)OC)[C@H](OC(=O)[C@@H](C)CC)[C@@H](OC(=O)[C@@](C)(O)[C@@H](C)OC(C)=O)[C@@H]12. The van der Waals surface area contributed by atoms with E-state index in [9.17, 15) is 29.1 Å². The zero-order chi connectivity index (χ0) is 29.7. The number of carbonyl (C=O) groups is 5. The van der Waals surface area contributed by atoms with Crippen LogP contribution < -0.4 is 0 Å². The van der Waals surface area contributed by atoms with Gasteiger partial charge >= 0.3 is 29.8 Å². The third-order valence-corrected chi connectivity index (χ3v) is 7.04. The average molecular weight is 551 g/mol. The lowest BCUT2D eigenvalue weighted by atomic mass is 9.83. The lowest BCUT2D eigenvalue weighted by Gasteiger charge is -2.36. The Hall–Kier alpha value is -3.47. The number of carbonyl (C=O) groups excluding carboxylic acids is 5. The van der Waals surface area contributed by atoms with E-state index in [-0.39, 0.29) is 11.1 Å². The molecule has 0 spiro atoms. The first-order chi connectivity index (χ1) is 18.1. The molecule has 1 aliphatic heterocycles. The van der Waals surface area contributed by atoms with Crippen molar-refractivity contribution in [3.63, 3.8) is 0 Å². The summed E-state index contributed by atoms with van der Waals surface area (Å²) in [6.07, 6.45) is -0.959. The van der Waals surface area contributed by atoms with Crippen LogP contribution in [0.4, 0.5) is 0 Å². The van der Waals surface area contributed by atoms with Crippen molar-refractivity contribution in [3.05, 3.63) is 35.5 Å². The fourth-order valence-electron chi connectivity index (χ4n) is 4.19. The average Bonchev–Trinajstić information content (AvgIpc) is 3.14. The van der Waals surface area contributed by atoms with Gasteiger partial charge in [-0.3, -0.25) is 9.59 Å². The Morgan fingerprint density at radius 3 is 2.44 bits per heavy atom. The Balaban J connectivity index is 2.74. The highest BCUT2D eigenvalue weighted by Crippen LogP contribution is 2.38. The molecule has 0 unspecified atom stereocenters. The minimum Gasteiger partial charge on any atom is -0.466 e. The Morgan fingerprint density at radius 1 is 1.23 bits per heavy atom. The van der Waals surface area contributed by atoms with Crippen LogP contribution in [0.2, 0.25) is 0 Å².